The highest BCUT2D eigenvalue weighted by Gasteiger charge is 2.35. The van der Waals surface area contributed by atoms with Crippen LogP contribution in [-0.4, -0.2) is 36.7 Å². The molecule has 0 radical (unpaired) electrons. The summed E-state index contributed by atoms with van der Waals surface area (Å²) in [5.41, 5.74) is -0.539. The molecule has 0 aliphatic heterocycles. The van der Waals surface area contributed by atoms with E-state index in [0.717, 1.165) is 0 Å². The van der Waals surface area contributed by atoms with E-state index in [1.54, 1.807) is 20.8 Å². The van der Waals surface area contributed by atoms with E-state index in [1.807, 2.05) is 6.92 Å². The summed E-state index contributed by atoms with van der Waals surface area (Å²) in [7, 11) is -4.32. The quantitative estimate of drug-likeness (QED) is 0.288. The van der Waals surface area contributed by atoms with Crippen molar-refractivity contribution in [3.8, 4) is 5.75 Å². The fourth-order valence-corrected chi connectivity index (χ4v) is 6.17. The van der Waals surface area contributed by atoms with Crippen LogP contribution < -0.4 is 14.8 Å². The molecule has 0 saturated heterocycles. The van der Waals surface area contributed by atoms with Crippen molar-refractivity contribution in [2.24, 2.45) is 0 Å². The Morgan fingerprint density at radius 2 is 1.82 bits per heavy atom. The molecule has 1 aromatic heterocycles. The van der Waals surface area contributed by atoms with Gasteiger partial charge in [-0.2, -0.15) is 0 Å². The van der Waals surface area contributed by atoms with Crippen molar-refractivity contribution >= 4 is 55.9 Å². The minimum atomic E-state index is -4.32. The van der Waals surface area contributed by atoms with Gasteiger partial charge in [-0.15, -0.1) is 0 Å². The Morgan fingerprint density at radius 3 is 2.47 bits per heavy atom. The molecule has 1 amide bonds. The molecule has 1 saturated carbocycles. The molecule has 2 aromatic carbocycles. The van der Waals surface area contributed by atoms with Gasteiger partial charge in [0.25, 0.3) is 10.0 Å². The molecule has 4 rings (SSSR count). The highest BCUT2D eigenvalue weighted by Crippen LogP contribution is 2.37. The second-order valence-electron chi connectivity index (χ2n) is 10.7. The van der Waals surface area contributed by atoms with E-state index in [1.165, 1.54) is 36.5 Å². The van der Waals surface area contributed by atoms with Gasteiger partial charge in [-0.1, -0.05) is 29.3 Å². The molecule has 0 spiro atoms. The zero-order chi connectivity index (χ0) is 27.9. The number of rotatable bonds is 6. The molecule has 38 heavy (non-hydrogen) atoms. The van der Waals surface area contributed by atoms with Crippen LogP contribution >= 0.6 is 23.2 Å². The Balaban J connectivity index is 1.46. The van der Waals surface area contributed by atoms with Crippen LogP contribution in [0.2, 0.25) is 10.0 Å². The number of amides is 1. The lowest BCUT2D eigenvalue weighted by molar-refractivity contribution is 0.0385. The number of fused-ring (bicyclic) bond motifs is 1. The smallest absolute Gasteiger partial charge is 0.408 e. The number of hydrogen-bond acceptors (Lipinski definition) is 5. The zero-order valence-corrected chi connectivity index (χ0v) is 23.8. The van der Waals surface area contributed by atoms with Crippen molar-refractivity contribution in [3.63, 3.8) is 0 Å². The molecule has 206 valence electrons. The second kappa shape index (κ2) is 10.5. The maximum atomic E-state index is 15.4. The Labute approximate surface area is 231 Å². The molecule has 3 aromatic rings. The molecule has 12 heteroatoms. The number of carbonyl (C=O) groups is 1. The number of alkyl carbamates (subject to hydrolysis) is 1. The monoisotopic (exact) mass is 585 g/mol. The molecule has 0 unspecified atom stereocenters. The molecule has 1 aliphatic carbocycles. The van der Waals surface area contributed by atoms with Crippen LogP contribution in [0.15, 0.2) is 41.4 Å². The van der Waals surface area contributed by atoms with Crippen molar-refractivity contribution in [2.75, 3.05) is 4.72 Å². The first-order valence-electron chi connectivity index (χ1n) is 12.1. The van der Waals surface area contributed by atoms with E-state index >= 15 is 4.39 Å². The average molecular weight is 587 g/mol. The third kappa shape index (κ3) is 6.30. The van der Waals surface area contributed by atoms with Crippen molar-refractivity contribution in [1.29, 1.82) is 0 Å². The lowest BCUT2D eigenvalue weighted by Gasteiger charge is -2.38. The van der Waals surface area contributed by atoms with E-state index in [-0.39, 0.29) is 17.5 Å². The summed E-state index contributed by atoms with van der Waals surface area (Å²) in [5, 5.41) is 4.05. The number of sulfonamides is 1. The number of nitrogens with one attached hydrogen (secondary N) is 3. The zero-order valence-electron chi connectivity index (χ0n) is 21.5. The van der Waals surface area contributed by atoms with E-state index in [9.17, 15) is 13.2 Å². The lowest BCUT2D eigenvalue weighted by Crippen LogP contribution is -2.51. The van der Waals surface area contributed by atoms with Gasteiger partial charge in [0.15, 0.2) is 11.6 Å². The van der Waals surface area contributed by atoms with Gasteiger partial charge >= 0.3 is 6.09 Å². The number of carbonyl (C=O) groups excluding carboxylic acids is 1. The first-order chi connectivity index (χ1) is 17.7. The van der Waals surface area contributed by atoms with Crippen molar-refractivity contribution in [1.82, 2.24) is 10.3 Å². The van der Waals surface area contributed by atoms with Gasteiger partial charge in [-0.05, 0) is 77.6 Å². The van der Waals surface area contributed by atoms with E-state index in [4.69, 9.17) is 32.7 Å². The largest absolute Gasteiger partial charge is 0.487 e. The van der Waals surface area contributed by atoms with Crippen LogP contribution in [0.25, 0.3) is 10.9 Å². The number of aromatic amines is 1. The number of hydrogen-bond donors (Lipinski definition) is 3. The fraction of sp³-hybridized carbons (Fsp3) is 0.423. The van der Waals surface area contributed by atoms with Gasteiger partial charge in [0.05, 0.1) is 27.4 Å². The first kappa shape index (κ1) is 28.3. The summed E-state index contributed by atoms with van der Waals surface area (Å²) >= 11 is 12.3. The van der Waals surface area contributed by atoms with Gasteiger partial charge in [0.1, 0.15) is 10.5 Å². The number of H-pyrrole nitrogens is 1. The number of halogens is 3. The predicted molar refractivity (Wildman–Crippen MR) is 146 cm³/mol. The standard InChI is InChI=1S/C26H30Cl2FN3O5S/c1-25(2,3)37-24(33)31-26(4)12-10-15(11-13-26)36-19-6-5-7-20(22(19)29)38(34,35)32-18-9-8-16(27)21-17(28)14-30-23(18)21/h5-9,14-15,30,32H,10-13H2,1-4H3,(H,31,33). The molecular weight excluding hydrogens is 556 g/mol. The lowest BCUT2D eigenvalue weighted by atomic mass is 9.82. The van der Waals surface area contributed by atoms with Crippen LogP contribution in [0.1, 0.15) is 53.4 Å². The Kier molecular flexibility index (Phi) is 7.80. The Bertz CT molecular complexity index is 1460. The van der Waals surface area contributed by atoms with Gasteiger partial charge in [-0.25, -0.2) is 17.6 Å². The minimum Gasteiger partial charge on any atom is -0.487 e. The summed E-state index contributed by atoms with van der Waals surface area (Å²) in [5.74, 6) is -1.15. The number of ether oxygens (including phenoxy) is 2. The molecule has 1 aliphatic rings. The van der Waals surface area contributed by atoms with Crippen LogP contribution in [0.3, 0.4) is 0 Å². The summed E-state index contributed by atoms with van der Waals surface area (Å²) < 4.78 is 55.4. The van der Waals surface area contributed by atoms with Crippen LogP contribution in [-0.2, 0) is 14.8 Å². The van der Waals surface area contributed by atoms with Crippen molar-refractivity contribution in [2.45, 2.75) is 75.5 Å². The first-order valence-corrected chi connectivity index (χ1v) is 14.4. The normalized spacial score (nSPS) is 20.2. The summed E-state index contributed by atoms with van der Waals surface area (Å²) in [6, 6.07) is 6.96. The SMILES string of the molecule is CC1(NC(=O)OC(C)(C)C)CCC(Oc2cccc(S(=O)(=O)Nc3ccc(Cl)c4c(Cl)c[nH]c34)c2F)CC1. The van der Waals surface area contributed by atoms with Crippen LogP contribution in [0.5, 0.6) is 5.75 Å². The third-order valence-corrected chi connectivity index (χ3v) is 8.33. The van der Waals surface area contributed by atoms with Gasteiger partial charge in [0, 0.05) is 17.1 Å². The number of benzene rings is 2. The minimum absolute atomic E-state index is 0.161. The van der Waals surface area contributed by atoms with Crippen LogP contribution in [0.4, 0.5) is 14.9 Å². The second-order valence-corrected chi connectivity index (χ2v) is 13.1. The van der Waals surface area contributed by atoms with Crippen molar-refractivity contribution < 1.29 is 27.1 Å². The topological polar surface area (TPSA) is 110 Å². The summed E-state index contributed by atoms with van der Waals surface area (Å²) in [4.78, 5) is 14.5. The Hall–Kier alpha value is -2.69. The molecule has 1 heterocycles. The number of aromatic nitrogens is 1. The third-order valence-electron chi connectivity index (χ3n) is 6.33. The Morgan fingerprint density at radius 1 is 1.13 bits per heavy atom. The predicted octanol–water partition coefficient (Wildman–Crippen LogP) is 7.02. The highest BCUT2D eigenvalue weighted by molar-refractivity contribution is 7.92. The van der Waals surface area contributed by atoms with E-state index < -0.39 is 38.0 Å². The molecule has 0 atom stereocenters. The molecule has 3 N–H and O–H groups in total. The van der Waals surface area contributed by atoms with Gasteiger partial charge in [-0.3, -0.25) is 4.72 Å². The van der Waals surface area contributed by atoms with Gasteiger partial charge < -0.3 is 19.8 Å². The average Bonchev–Trinajstić information content (AvgIpc) is 3.20. The molecular formula is C26H30Cl2FN3O5S. The fourth-order valence-electron chi connectivity index (χ4n) is 4.44. The molecule has 0 bridgehead atoms. The summed E-state index contributed by atoms with van der Waals surface area (Å²) in [6.45, 7) is 7.31. The van der Waals surface area contributed by atoms with E-state index in [2.05, 4.69) is 15.0 Å². The highest BCUT2D eigenvalue weighted by atomic mass is 35.5. The van der Waals surface area contributed by atoms with Crippen LogP contribution in [0, 0.1) is 5.82 Å². The summed E-state index contributed by atoms with van der Waals surface area (Å²) in [6.07, 6.45) is 2.90. The number of anilines is 1. The van der Waals surface area contributed by atoms with Crippen molar-refractivity contribution in [3.05, 3.63) is 52.4 Å². The molecule has 1 fully saturated rings. The van der Waals surface area contributed by atoms with Gasteiger partial charge in [0.2, 0.25) is 0 Å². The van der Waals surface area contributed by atoms with E-state index in [0.29, 0.717) is 46.6 Å². The maximum absolute atomic E-state index is 15.4. The maximum Gasteiger partial charge on any atom is 0.408 e. The molecule has 8 nitrogen and oxygen atoms in total.